The molecule has 1 unspecified atom stereocenters. The summed E-state index contributed by atoms with van der Waals surface area (Å²) in [5.74, 6) is 0. The maximum atomic E-state index is 5.74. The van der Waals surface area contributed by atoms with E-state index >= 15 is 0 Å². The van der Waals surface area contributed by atoms with Gasteiger partial charge in [-0.05, 0) is 35.0 Å². The fourth-order valence-corrected chi connectivity index (χ4v) is 2.71. The maximum absolute atomic E-state index is 5.74. The smallest absolute Gasteiger partial charge is 0.0838 e. The van der Waals surface area contributed by atoms with Crippen LogP contribution in [0.25, 0.3) is 0 Å². The van der Waals surface area contributed by atoms with Crippen LogP contribution in [-0.2, 0) is 4.74 Å². The highest BCUT2D eigenvalue weighted by molar-refractivity contribution is 5.52. The van der Waals surface area contributed by atoms with E-state index in [0.717, 1.165) is 18.4 Å². The molecule has 0 spiro atoms. The number of allylic oxidation sites excluding steroid dienone is 2. The first-order valence-electron chi connectivity index (χ1n) is 5.64. The molecular formula is C14H20O. The molecule has 0 bridgehead atoms. The molecule has 0 aromatic carbocycles. The molecule has 1 saturated heterocycles. The van der Waals surface area contributed by atoms with E-state index in [1.807, 2.05) is 0 Å². The summed E-state index contributed by atoms with van der Waals surface area (Å²) in [4.78, 5) is 0. The minimum absolute atomic E-state index is 0.154. The molecule has 0 radical (unpaired) electrons. The topological polar surface area (TPSA) is 9.23 Å². The molecule has 0 aromatic rings. The van der Waals surface area contributed by atoms with Crippen LogP contribution in [0.3, 0.4) is 0 Å². The van der Waals surface area contributed by atoms with Gasteiger partial charge in [-0.3, -0.25) is 0 Å². The van der Waals surface area contributed by atoms with E-state index in [0.29, 0.717) is 6.61 Å². The number of ether oxygens (including phenoxy) is 1. The standard InChI is InChI=1S/C14H20O/c1-9-6-7-11-12(10(2)8-15-11)13(9)14(3,4)5/h11H,1-2,6-8H2,3-5H3. The zero-order valence-corrected chi connectivity index (χ0v) is 10.0. The first-order chi connectivity index (χ1) is 6.91. The Morgan fingerprint density at radius 3 is 2.47 bits per heavy atom. The minimum Gasteiger partial charge on any atom is -0.369 e. The molecule has 0 N–H and O–H groups in total. The predicted octanol–water partition coefficient (Wildman–Crippen LogP) is 3.63. The summed E-state index contributed by atoms with van der Waals surface area (Å²) in [6.45, 7) is 15.7. The molecule has 0 amide bonds. The average Bonchev–Trinajstić information content (AvgIpc) is 2.46. The summed E-state index contributed by atoms with van der Waals surface area (Å²) in [7, 11) is 0. The summed E-state index contributed by atoms with van der Waals surface area (Å²) in [6.07, 6.45) is 2.43. The van der Waals surface area contributed by atoms with Crippen molar-refractivity contribution in [3.63, 3.8) is 0 Å². The lowest BCUT2D eigenvalue weighted by atomic mass is 9.72. The Kier molecular flexibility index (Phi) is 2.38. The fraction of sp³-hybridized carbons (Fsp3) is 0.571. The highest BCUT2D eigenvalue weighted by Crippen LogP contribution is 2.45. The highest BCUT2D eigenvalue weighted by Gasteiger charge is 2.36. The Morgan fingerprint density at radius 1 is 1.20 bits per heavy atom. The van der Waals surface area contributed by atoms with E-state index in [1.165, 1.54) is 16.7 Å². The second kappa shape index (κ2) is 3.34. The Labute approximate surface area is 92.5 Å². The molecule has 1 aliphatic carbocycles. The third-order valence-electron chi connectivity index (χ3n) is 3.24. The molecule has 1 heteroatoms. The van der Waals surface area contributed by atoms with E-state index < -0.39 is 0 Å². The number of rotatable bonds is 0. The lowest BCUT2D eigenvalue weighted by Gasteiger charge is -2.33. The third-order valence-corrected chi connectivity index (χ3v) is 3.24. The van der Waals surface area contributed by atoms with Crippen LogP contribution in [0.4, 0.5) is 0 Å². The van der Waals surface area contributed by atoms with Crippen molar-refractivity contribution >= 4 is 0 Å². The summed E-state index contributed by atoms with van der Waals surface area (Å²) < 4.78 is 5.74. The molecule has 1 heterocycles. The van der Waals surface area contributed by atoms with Crippen molar-refractivity contribution in [3.05, 3.63) is 35.5 Å². The van der Waals surface area contributed by atoms with Gasteiger partial charge in [0.15, 0.2) is 0 Å². The Bertz CT molecular complexity index is 352. The van der Waals surface area contributed by atoms with Gasteiger partial charge in [-0.1, -0.05) is 39.5 Å². The minimum atomic E-state index is 0.154. The molecule has 2 rings (SSSR count). The van der Waals surface area contributed by atoms with Gasteiger partial charge in [-0.15, -0.1) is 0 Å². The van der Waals surface area contributed by atoms with E-state index in [1.54, 1.807) is 0 Å². The van der Waals surface area contributed by atoms with Crippen LogP contribution < -0.4 is 0 Å². The largest absolute Gasteiger partial charge is 0.369 e. The third kappa shape index (κ3) is 1.69. The van der Waals surface area contributed by atoms with Crippen molar-refractivity contribution in [2.75, 3.05) is 6.61 Å². The molecule has 1 fully saturated rings. The Morgan fingerprint density at radius 2 is 1.87 bits per heavy atom. The van der Waals surface area contributed by atoms with Crippen molar-refractivity contribution in [1.29, 1.82) is 0 Å². The second-order valence-corrected chi connectivity index (χ2v) is 5.58. The van der Waals surface area contributed by atoms with Gasteiger partial charge in [0.1, 0.15) is 0 Å². The van der Waals surface area contributed by atoms with E-state index in [4.69, 9.17) is 4.74 Å². The summed E-state index contributed by atoms with van der Waals surface area (Å²) in [5.41, 5.74) is 5.33. The van der Waals surface area contributed by atoms with Gasteiger partial charge >= 0.3 is 0 Å². The number of hydrogen-bond acceptors (Lipinski definition) is 1. The van der Waals surface area contributed by atoms with Gasteiger partial charge in [0.25, 0.3) is 0 Å². The molecule has 1 atom stereocenters. The van der Waals surface area contributed by atoms with Gasteiger partial charge in [0, 0.05) is 0 Å². The first kappa shape index (κ1) is 10.7. The maximum Gasteiger partial charge on any atom is 0.0838 e. The van der Waals surface area contributed by atoms with Crippen molar-refractivity contribution < 1.29 is 4.74 Å². The van der Waals surface area contributed by atoms with Crippen LogP contribution >= 0.6 is 0 Å². The molecule has 82 valence electrons. The SMILES string of the molecule is C=C1COC2CCC(=C)C(C(C)(C)C)=C12. The average molecular weight is 204 g/mol. The van der Waals surface area contributed by atoms with E-state index in [9.17, 15) is 0 Å². The first-order valence-corrected chi connectivity index (χ1v) is 5.64. The van der Waals surface area contributed by atoms with Crippen molar-refractivity contribution in [2.24, 2.45) is 5.41 Å². The summed E-state index contributed by atoms with van der Waals surface area (Å²) in [5, 5.41) is 0. The van der Waals surface area contributed by atoms with Gasteiger partial charge in [-0.25, -0.2) is 0 Å². The lowest BCUT2D eigenvalue weighted by molar-refractivity contribution is 0.119. The van der Waals surface area contributed by atoms with Crippen LogP contribution in [0.1, 0.15) is 33.6 Å². The second-order valence-electron chi connectivity index (χ2n) is 5.58. The number of hydrogen-bond donors (Lipinski definition) is 0. The van der Waals surface area contributed by atoms with Crippen molar-refractivity contribution in [2.45, 2.75) is 39.7 Å². The summed E-state index contributed by atoms with van der Waals surface area (Å²) >= 11 is 0. The normalized spacial score (nSPS) is 27.3. The zero-order valence-electron chi connectivity index (χ0n) is 10.0. The Hall–Kier alpha value is -0.820. The van der Waals surface area contributed by atoms with Crippen LogP contribution in [-0.4, -0.2) is 12.7 Å². The van der Waals surface area contributed by atoms with E-state index in [2.05, 4.69) is 33.9 Å². The summed E-state index contributed by atoms with van der Waals surface area (Å²) in [6, 6.07) is 0. The van der Waals surface area contributed by atoms with Gasteiger partial charge in [-0.2, -0.15) is 0 Å². The van der Waals surface area contributed by atoms with Crippen LogP contribution in [0.15, 0.2) is 35.5 Å². The monoisotopic (exact) mass is 204 g/mol. The van der Waals surface area contributed by atoms with Crippen molar-refractivity contribution in [3.8, 4) is 0 Å². The molecule has 15 heavy (non-hydrogen) atoms. The van der Waals surface area contributed by atoms with Crippen LogP contribution in [0, 0.1) is 5.41 Å². The lowest BCUT2D eigenvalue weighted by Crippen LogP contribution is -2.23. The van der Waals surface area contributed by atoms with Gasteiger partial charge < -0.3 is 4.74 Å². The van der Waals surface area contributed by atoms with Gasteiger partial charge in [0.05, 0.1) is 12.7 Å². The number of fused-ring (bicyclic) bond motifs is 1. The van der Waals surface area contributed by atoms with Crippen LogP contribution in [0.2, 0.25) is 0 Å². The van der Waals surface area contributed by atoms with E-state index in [-0.39, 0.29) is 11.5 Å². The van der Waals surface area contributed by atoms with Gasteiger partial charge in [0.2, 0.25) is 0 Å². The quantitative estimate of drug-likeness (QED) is 0.585. The molecule has 2 aliphatic rings. The molecule has 0 saturated carbocycles. The predicted molar refractivity (Wildman–Crippen MR) is 63.7 cm³/mol. The van der Waals surface area contributed by atoms with Crippen LogP contribution in [0.5, 0.6) is 0 Å². The zero-order chi connectivity index (χ0) is 11.2. The molecule has 0 aromatic heterocycles. The molecule has 1 aliphatic heterocycles. The highest BCUT2D eigenvalue weighted by atomic mass is 16.5. The Balaban J connectivity index is 2.56. The van der Waals surface area contributed by atoms with Crippen molar-refractivity contribution in [1.82, 2.24) is 0 Å². The molecular weight excluding hydrogens is 184 g/mol. The molecule has 1 nitrogen and oxygen atoms in total. The fourth-order valence-electron chi connectivity index (χ4n) is 2.71.